The van der Waals surface area contributed by atoms with Crippen LogP contribution in [-0.2, 0) is 0 Å². The molecule has 2 aliphatic rings. The van der Waals surface area contributed by atoms with Crippen LogP contribution in [0.5, 0.6) is 0 Å². The van der Waals surface area contributed by atoms with E-state index in [9.17, 15) is 4.39 Å². The zero-order valence-electron chi connectivity index (χ0n) is 9.42. The smallest absolute Gasteiger partial charge is 0.166 e. The molecule has 0 aromatic carbocycles. The second kappa shape index (κ2) is 4.42. The maximum atomic E-state index is 13.6. The summed E-state index contributed by atoms with van der Waals surface area (Å²) in [6, 6.07) is 2.78. The third-order valence-electron chi connectivity index (χ3n) is 3.62. The predicted molar refractivity (Wildman–Crippen MR) is 65.8 cm³/mol. The Balaban J connectivity index is 1.70. The standard InChI is InChI=1S/C12H15ClFN3/c13-7-3-11(14)12(15-6-7)17-10-4-8-1-2-9(5-10)16-8/h3,6,8-10,16H,1-2,4-5H2,(H,15,17). The lowest BCUT2D eigenvalue weighted by Crippen LogP contribution is -2.43. The fraction of sp³-hybridized carbons (Fsp3) is 0.583. The van der Waals surface area contributed by atoms with E-state index in [0.29, 0.717) is 29.0 Å². The van der Waals surface area contributed by atoms with Crippen LogP contribution in [0.1, 0.15) is 25.7 Å². The van der Waals surface area contributed by atoms with E-state index >= 15 is 0 Å². The van der Waals surface area contributed by atoms with Crippen LogP contribution in [0.25, 0.3) is 0 Å². The van der Waals surface area contributed by atoms with Crippen LogP contribution in [-0.4, -0.2) is 23.1 Å². The number of hydrogen-bond donors (Lipinski definition) is 2. The third-order valence-corrected chi connectivity index (χ3v) is 3.83. The summed E-state index contributed by atoms with van der Waals surface area (Å²) < 4.78 is 13.6. The van der Waals surface area contributed by atoms with E-state index in [1.54, 1.807) is 0 Å². The molecule has 2 aliphatic heterocycles. The van der Waals surface area contributed by atoms with Crippen molar-refractivity contribution in [2.24, 2.45) is 0 Å². The molecule has 0 saturated carbocycles. The molecule has 1 aromatic heterocycles. The molecule has 2 saturated heterocycles. The van der Waals surface area contributed by atoms with Crippen molar-refractivity contribution in [3.05, 3.63) is 23.1 Å². The number of nitrogens with one attached hydrogen (secondary N) is 2. The van der Waals surface area contributed by atoms with Crippen LogP contribution < -0.4 is 10.6 Å². The maximum absolute atomic E-state index is 13.6. The molecule has 5 heteroatoms. The Hall–Kier alpha value is -0.870. The molecule has 2 fully saturated rings. The first-order chi connectivity index (χ1) is 8.20. The van der Waals surface area contributed by atoms with Crippen LogP contribution in [0.3, 0.4) is 0 Å². The van der Waals surface area contributed by atoms with Gasteiger partial charge in [-0.05, 0) is 31.7 Å². The van der Waals surface area contributed by atoms with Gasteiger partial charge in [0.2, 0.25) is 0 Å². The van der Waals surface area contributed by atoms with E-state index in [2.05, 4.69) is 15.6 Å². The molecule has 3 rings (SSSR count). The minimum Gasteiger partial charge on any atom is -0.365 e. The molecule has 1 aromatic rings. The number of piperidine rings is 1. The Morgan fingerprint density at radius 1 is 1.35 bits per heavy atom. The number of fused-ring (bicyclic) bond motifs is 2. The van der Waals surface area contributed by atoms with Gasteiger partial charge in [-0.1, -0.05) is 11.6 Å². The molecular weight excluding hydrogens is 241 g/mol. The summed E-state index contributed by atoms with van der Waals surface area (Å²) in [6.07, 6.45) is 6.03. The first-order valence-electron chi connectivity index (χ1n) is 6.04. The van der Waals surface area contributed by atoms with E-state index < -0.39 is 0 Å². The van der Waals surface area contributed by atoms with E-state index in [4.69, 9.17) is 11.6 Å². The highest BCUT2D eigenvalue weighted by Gasteiger charge is 2.33. The fourth-order valence-electron chi connectivity index (χ4n) is 2.89. The van der Waals surface area contributed by atoms with Crippen molar-refractivity contribution < 1.29 is 4.39 Å². The van der Waals surface area contributed by atoms with Crippen molar-refractivity contribution in [1.82, 2.24) is 10.3 Å². The molecule has 0 aliphatic carbocycles. The average Bonchev–Trinajstić information content (AvgIpc) is 2.62. The van der Waals surface area contributed by atoms with Crippen LogP contribution in [0, 0.1) is 5.82 Å². The van der Waals surface area contributed by atoms with Gasteiger partial charge in [-0.3, -0.25) is 0 Å². The fourth-order valence-corrected chi connectivity index (χ4v) is 3.03. The molecule has 92 valence electrons. The largest absolute Gasteiger partial charge is 0.365 e. The van der Waals surface area contributed by atoms with Gasteiger partial charge in [0.15, 0.2) is 11.6 Å². The number of hydrogen-bond acceptors (Lipinski definition) is 3. The lowest BCUT2D eigenvalue weighted by atomic mass is 10.00. The van der Waals surface area contributed by atoms with Gasteiger partial charge < -0.3 is 10.6 Å². The van der Waals surface area contributed by atoms with Gasteiger partial charge in [0, 0.05) is 24.3 Å². The molecule has 2 N–H and O–H groups in total. The Kier molecular flexibility index (Phi) is 2.92. The van der Waals surface area contributed by atoms with Gasteiger partial charge >= 0.3 is 0 Å². The normalized spacial score (nSPS) is 31.5. The number of halogens is 2. The molecule has 3 heterocycles. The highest BCUT2D eigenvalue weighted by molar-refractivity contribution is 6.30. The van der Waals surface area contributed by atoms with E-state index in [1.807, 2.05) is 0 Å². The van der Waals surface area contributed by atoms with Gasteiger partial charge in [0.05, 0.1) is 5.02 Å². The molecule has 2 unspecified atom stereocenters. The Morgan fingerprint density at radius 3 is 2.71 bits per heavy atom. The number of pyridine rings is 1. The summed E-state index contributed by atoms with van der Waals surface area (Å²) in [5, 5.41) is 7.08. The minimum atomic E-state index is -0.372. The number of rotatable bonds is 2. The van der Waals surface area contributed by atoms with Crippen LogP contribution >= 0.6 is 11.6 Å². The highest BCUT2D eigenvalue weighted by atomic mass is 35.5. The lowest BCUT2D eigenvalue weighted by molar-refractivity contribution is 0.376. The molecule has 2 bridgehead atoms. The summed E-state index contributed by atoms with van der Waals surface area (Å²) in [5.41, 5.74) is 0. The lowest BCUT2D eigenvalue weighted by Gasteiger charge is -2.30. The van der Waals surface area contributed by atoms with E-state index in [0.717, 1.165) is 12.8 Å². The van der Waals surface area contributed by atoms with Gasteiger partial charge in [0.1, 0.15) is 0 Å². The first-order valence-corrected chi connectivity index (χ1v) is 6.42. The molecule has 17 heavy (non-hydrogen) atoms. The monoisotopic (exact) mass is 255 g/mol. The quantitative estimate of drug-likeness (QED) is 0.853. The van der Waals surface area contributed by atoms with Crippen molar-refractivity contribution in [3.8, 4) is 0 Å². The van der Waals surface area contributed by atoms with Gasteiger partial charge in [0.25, 0.3) is 0 Å². The Labute approximate surface area is 105 Å². The van der Waals surface area contributed by atoms with Gasteiger partial charge in [-0.2, -0.15) is 0 Å². The summed E-state index contributed by atoms with van der Waals surface area (Å²) in [4.78, 5) is 4.00. The summed E-state index contributed by atoms with van der Waals surface area (Å²) in [6.45, 7) is 0. The van der Waals surface area contributed by atoms with Crippen molar-refractivity contribution in [1.29, 1.82) is 0 Å². The summed E-state index contributed by atoms with van der Waals surface area (Å²) >= 11 is 5.68. The van der Waals surface area contributed by atoms with Gasteiger partial charge in [-0.15, -0.1) is 0 Å². The summed E-state index contributed by atoms with van der Waals surface area (Å²) in [5.74, 6) is -0.0518. The molecule has 3 nitrogen and oxygen atoms in total. The molecule has 0 radical (unpaired) electrons. The zero-order valence-corrected chi connectivity index (χ0v) is 10.2. The van der Waals surface area contributed by atoms with Crippen molar-refractivity contribution >= 4 is 17.4 Å². The average molecular weight is 256 g/mol. The second-order valence-electron chi connectivity index (χ2n) is 4.93. The van der Waals surface area contributed by atoms with E-state index in [1.165, 1.54) is 25.1 Å². The SMILES string of the molecule is Fc1cc(Cl)cnc1NC1CC2CCC(C1)N2. The zero-order chi connectivity index (χ0) is 11.8. The minimum absolute atomic E-state index is 0.317. The van der Waals surface area contributed by atoms with Crippen LogP contribution in [0.2, 0.25) is 5.02 Å². The van der Waals surface area contributed by atoms with Crippen molar-refractivity contribution in [2.75, 3.05) is 5.32 Å². The Bertz CT molecular complexity index is 414. The topological polar surface area (TPSA) is 37.0 Å². The summed E-state index contributed by atoms with van der Waals surface area (Å²) in [7, 11) is 0. The number of aromatic nitrogens is 1. The number of anilines is 1. The highest BCUT2D eigenvalue weighted by Crippen LogP contribution is 2.29. The molecular formula is C12H15ClFN3. The third kappa shape index (κ3) is 2.38. The Morgan fingerprint density at radius 2 is 2.06 bits per heavy atom. The maximum Gasteiger partial charge on any atom is 0.166 e. The molecule has 2 atom stereocenters. The van der Waals surface area contributed by atoms with Crippen LogP contribution in [0.4, 0.5) is 10.2 Å². The second-order valence-corrected chi connectivity index (χ2v) is 5.37. The van der Waals surface area contributed by atoms with E-state index in [-0.39, 0.29) is 5.82 Å². The number of nitrogens with zero attached hydrogens (tertiary/aromatic N) is 1. The first kappa shape index (κ1) is 11.2. The molecule has 0 spiro atoms. The van der Waals surface area contributed by atoms with Gasteiger partial charge in [-0.25, -0.2) is 9.37 Å². The van der Waals surface area contributed by atoms with Crippen molar-refractivity contribution in [2.45, 2.75) is 43.8 Å². The van der Waals surface area contributed by atoms with Crippen LogP contribution in [0.15, 0.2) is 12.3 Å². The van der Waals surface area contributed by atoms with Crippen molar-refractivity contribution in [3.63, 3.8) is 0 Å². The molecule has 0 amide bonds. The predicted octanol–water partition coefficient (Wildman–Crippen LogP) is 2.57.